The summed E-state index contributed by atoms with van der Waals surface area (Å²) in [6.07, 6.45) is 0. The van der Waals surface area contributed by atoms with E-state index in [-0.39, 0.29) is 24.0 Å². The number of nitrogens with one attached hydrogen (secondary N) is 1. The average molecular weight is 494 g/mol. The zero-order valence-corrected chi connectivity index (χ0v) is 19.5. The molecular formula is C19H33ClIN5. The molecule has 1 aromatic rings. The van der Waals surface area contributed by atoms with Gasteiger partial charge in [-0.2, -0.15) is 0 Å². The molecule has 1 aliphatic heterocycles. The minimum Gasteiger partial charge on any atom is -0.355 e. The van der Waals surface area contributed by atoms with Gasteiger partial charge in [0, 0.05) is 64.4 Å². The van der Waals surface area contributed by atoms with Crippen LogP contribution in [0.15, 0.2) is 29.3 Å². The summed E-state index contributed by atoms with van der Waals surface area (Å²) in [5.41, 5.74) is 1.18. The van der Waals surface area contributed by atoms with Gasteiger partial charge in [-0.1, -0.05) is 30.7 Å². The van der Waals surface area contributed by atoms with Gasteiger partial charge in [0.25, 0.3) is 0 Å². The van der Waals surface area contributed by atoms with Crippen molar-refractivity contribution in [2.45, 2.75) is 26.4 Å². The lowest BCUT2D eigenvalue weighted by atomic mass is 10.2. The summed E-state index contributed by atoms with van der Waals surface area (Å²) in [5.74, 6) is 0.916. The summed E-state index contributed by atoms with van der Waals surface area (Å²) >= 11 is 6.08. The van der Waals surface area contributed by atoms with Crippen molar-refractivity contribution in [2.24, 2.45) is 4.99 Å². The van der Waals surface area contributed by atoms with E-state index in [4.69, 9.17) is 11.6 Å². The Morgan fingerprint density at radius 1 is 1.31 bits per heavy atom. The number of guanidine groups is 1. The Bertz CT molecular complexity index is 561. The van der Waals surface area contributed by atoms with Crippen LogP contribution in [-0.4, -0.2) is 80.1 Å². The van der Waals surface area contributed by atoms with E-state index in [1.807, 2.05) is 25.2 Å². The van der Waals surface area contributed by atoms with E-state index in [0.717, 1.165) is 43.7 Å². The number of halogens is 2. The SMILES string of the molecule is CCN1CCN(C(C)CNC(=NC)N(C)Cc2cccc(Cl)c2)CC1.I. The molecule has 1 aliphatic rings. The van der Waals surface area contributed by atoms with Crippen LogP contribution in [0.1, 0.15) is 19.4 Å². The molecule has 0 aromatic heterocycles. The molecule has 1 fully saturated rings. The second-order valence-corrected chi connectivity index (χ2v) is 7.17. The van der Waals surface area contributed by atoms with Gasteiger partial charge in [0.1, 0.15) is 0 Å². The fourth-order valence-corrected chi connectivity index (χ4v) is 3.47. The van der Waals surface area contributed by atoms with E-state index < -0.39 is 0 Å². The molecule has 0 bridgehead atoms. The highest BCUT2D eigenvalue weighted by atomic mass is 127. The summed E-state index contributed by atoms with van der Waals surface area (Å²) in [5, 5.41) is 4.29. The Balaban J connectivity index is 0.00000338. The van der Waals surface area contributed by atoms with Crippen molar-refractivity contribution < 1.29 is 0 Å². The van der Waals surface area contributed by atoms with E-state index in [9.17, 15) is 0 Å². The lowest BCUT2D eigenvalue weighted by molar-refractivity contribution is 0.107. The van der Waals surface area contributed by atoms with Gasteiger partial charge >= 0.3 is 0 Å². The lowest BCUT2D eigenvalue weighted by Gasteiger charge is -2.38. The molecule has 0 radical (unpaired) electrons. The van der Waals surface area contributed by atoms with Crippen LogP contribution in [0.3, 0.4) is 0 Å². The maximum absolute atomic E-state index is 6.08. The van der Waals surface area contributed by atoms with Crippen molar-refractivity contribution in [3.8, 4) is 0 Å². The van der Waals surface area contributed by atoms with Crippen molar-refractivity contribution in [3.05, 3.63) is 34.9 Å². The zero-order chi connectivity index (χ0) is 18.2. The number of rotatable bonds is 6. The van der Waals surface area contributed by atoms with Crippen molar-refractivity contribution in [2.75, 3.05) is 53.4 Å². The number of nitrogens with zero attached hydrogens (tertiary/aromatic N) is 4. The van der Waals surface area contributed by atoms with Crippen molar-refractivity contribution in [1.82, 2.24) is 20.0 Å². The van der Waals surface area contributed by atoms with E-state index in [1.54, 1.807) is 0 Å². The van der Waals surface area contributed by atoms with Gasteiger partial charge in [-0.25, -0.2) is 0 Å². The molecule has 1 unspecified atom stereocenters. The lowest BCUT2D eigenvalue weighted by Crippen LogP contribution is -2.53. The van der Waals surface area contributed by atoms with Gasteiger partial charge in [-0.15, -0.1) is 24.0 Å². The van der Waals surface area contributed by atoms with Gasteiger partial charge in [-0.05, 0) is 31.2 Å². The Kier molecular flexibility index (Phi) is 10.8. The van der Waals surface area contributed by atoms with Crippen LogP contribution in [0.2, 0.25) is 5.02 Å². The van der Waals surface area contributed by atoms with Crippen LogP contribution in [0, 0.1) is 0 Å². The normalized spacial score (nSPS) is 17.5. The van der Waals surface area contributed by atoms with Crippen molar-refractivity contribution >= 4 is 41.5 Å². The number of piperazine rings is 1. The molecule has 0 saturated carbocycles. The first-order chi connectivity index (χ1) is 12.0. The van der Waals surface area contributed by atoms with Gasteiger partial charge in [0.2, 0.25) is 0 Å². The quantitative estimate of drug-likeness (QED) is 0.375. The van der Waals surface area contributed by atoms with E-state index in [0.29, 0.717) is 6.04 Å². The van der Waals surface area contributed by atoms with Crippen LogP contribution in [0.4, 0.5) is 0 Å². The predicted octanol–water partition coefficient (Wildman–Crippen LogP) is 2.99. The summed E-state index contributed by atoms with van der Waals surface area (Å²) in [7, 11) is 3.89. The fraction of sp³-hybridized carbons (Fsp3) is 0.632. The van der Waals surface area contributed by atoms with Gasteiger partial charge in [0.15, 0.2) is 5.96 Å². The summed E-state index contributed by atoms with van der Waals surface area (Å²) in [4.78, 5) is 11.6. The molecule has 0 aliphatic carbocycles. The molecule has 5 nitrogen and oxygen atoms in total. The highest BCUT2D eigenvalue weighted by Crippen LogP contribution is 2.12. The minimum absolute atomic E-state index is 0. The smallest absolute Gasteiger partial charge is 0.193 e. The zero-order valence-electron chi connectivity index (χ0n) is 16.4. The number of likely N-dealkylation sites (N-methyl/N-ethyl adjacent to an activating group) is 1. The van der Waals surface area contributed by atoms with E-state index >= 15 is 0 Å². The molecular weight excluding hydrogens is 461 g/mol. The summed E-state index contributed by atoms with van der Waals surface area (Å²) < 4.78 is 0. The second kappa shape index (κ2) is 12.0. The second-order valence-electron chi connectivity index (χ2n) is 6.73. The molecule has 0 amide bonds. The molecule has 1 N–H and O–H groups in total. The summed E-state index contributed by atoms with van der Waals surface area (Å²) in [6.45, 7) is 12.0. The Labute approximate surface area is 180 Å². The van der Waals surface area contributed by atoms with E-state index in [2.05, 4.69) is 52.0 Å². The standard InChI is InChI=1S/C19H32ClN5.HI/c1-5-24-9-11-25(12-10-24)16(2)14-22-19(21-3)23(4)15-17-7-6-8-18(20)13-17;/h6-8,13,16H,5,9-12,14-15H2,1-4H3,(H,21,22);1H. The number of aliphatic imine (C=N–C) groups is 1. The molecule has 1 atom stereocenters. The fourth-order valence-electron chi connectivity index (χ4n) is 3.26. The van der Waals surface area contributed by atoms with Crippen molar-refractivity contribution in [1.29, 1.82) is 0 Å². The van der Waals surface area contributed by atoms with Crippen LogP contribution < -0.4 is 5.32 Å². The Morgan fingerprint density at radius 3 is 2.58 bits per heavy atom. The highest BCUT2D eigenvalue weighted by Gasteiger charge is 2.20. The molecule has 2 rings (SSSR count). The molecule has 1 saturated heterocycles. The van der Waals surface area contributed by atoms with E-state index in [1.165, 1.54) is 18.7 Å². The first kappa shape index (κ1) is 23.5. The predicted molar refractivity (Wildman–Crippen MR) is 123 cm³/mol. The molecule has 1 aromatic carbocycles. The Morgan fingerprint density at radius 2 is 2.00 bits per heavy atom. The van der Waals surface area contributed by atoms with Gasteiger partial charge in [0.05, 0.1) is 0 Å². The minimum atomic E-state index is 0. The molecule has 1 heterocycles. The largest absolute Gasteiger partial charge is 0.355 e. The number of hydrogen-bond donors (Lipinski definition) is 1. The van der Waals surface area contributed by atoms with Gasteiger partial charge in [-0.3, -0.25) is 9.89 Å². The van der Waals surface area contributed by atoms with Crippen LogP contribution >= 0.6 is 35.6 Å². The van der Waals surface area contributed by atoms with Gasteiger partial charge < -0.3 is 15.1 Å². The summed E-state index contributed by atoms with van der Waals surface area (Å²) in [6, 6.07) is 8.47. The molecule has 7 heteroatoms. The third-order valence-corrected chi connectivity index (χ3v) is 5.15. The average Bonchev–Trinajstić information content (AvgIpc) is 2.62. The van der Waals surface area contributed by atoms with Crippen LogP contribution in [0.5, 0.6) is 0 Å². The molecule has 26 heavy (non-hydrogen) atoms. The third kappa shape index (κ3) is 7.21. The monoisotopic (exact) mass is 493 g/mol. The third-order valence-electron chi connectivity index (χ3n) is 4.92. The first-order valence-corrected chi connectivity index (χ1v) is 9.54. The highest BCUT2D eigenvalue weighted by molar-refractivity contribution is 14.0. The molecule has 148 valence electrons. The van der Waals surface area contributed by atoms with Crippen molar-refractivity contribution in [3.63, 3.8) is 0 Å². The maximum Gasteiger partial charge on any atom is 0.193 e. The Hall–Kier alpha value is -0.570. The number of benzene rings is 1. The van der Waals surface area contributed by atoms with Crippen LogP contribution in [-0.2, 0) is 6.54 Å². The maximum atomic E-state index is 6.08. The van der Waals surface area contributed by atoms with Crippen LogP contribution in [0.25, 0.3) is 0 Å². The molecule has 0 spiro atoms. The topological polar surface area (TPSA) is 34.1 Å². The first-order valence-electron chi connectivity index (χ1n) is 9.16. The number of hydrogen-bond acceptors (Lipinski definition) is 3.